The normalized spacial score (nSPS) is 18.1. The molecule has 2 aliphatic heterocycles. The number of thiocarbonyl (C=S) groups is 1. The lowest BCUT2D eigenvalue weighted by molar-refractivity contribution is 0.0710. The number of hydrogen-bond donors (Lipinski definition) is 1. The molecule has 0 saturated carbocycles. The quantitative estimate of drug-likeness (QED) is 0.838. The summed E-state index contributed by atoms with van der Waals surface area (Å²) in [7, 11) is 0. The van der Waals surface area contributed by atoms with E-state index in [9.17, 15) is 4.79 Å². The molecule has 1 aromatic carbocycles. The molecule has 3 rings (SSSR count). The van der Waals surface area contributed by atoms with Crippen LogP contribution in [0.25, 0.3) is 0 Å². The van der Waals surface area contributed by atoms with Crippen LogP contribution in [0.2, 0.25) is 0 Å². The second-order valence-electron chi connectivity index (χ2n) is 5.04. The first kappa shape index (κ1) is 13.2. The number of rotatable bonds is 2. The van der Waals surface area contributed by atoms with Gasteiger partial charge in [-0.15, -0.1) is 0 Å². The van der Waals surface area contributed by atoms with Gasteiger partial charge in [0.1, 0.15) is 0 Å². The predicted octanol–water partition coefficient (Wildman–Crippen LogP) is 1.55. The van der Waals surface area contributed by atoms with Crippen molar-refractivity contribution >= 4 is 23.1 Å². The Labute approximate surface area is 122 Å². The van der Waals surface area contributed by atoms with E-state index < -0.39 is 0 Å². The van der Waals surface area contributed by atoms with Gasteiger partial charge >= 0.3 is 0 Å². The van der Waals surface area contributed by atoms with Crippen molar-refractivity contribution < 1.29 is 14.3 Å². The predicted molar refractivity (Wildman–Crippen MR) is 78.0 cm³/mol. The molecule has 0 radical (unpaired) electrons. The maximum atomic E-state index is 12.4. The zero-order valence-corrected chi connectivity index (χ0v) is 11.8. The minimum Gasteiger partial charge on any atom is -0.454 e. The van der Waals surface area contributed by atoms with Crippen molar-refractivity contribution in [3.05, 3.63) is 23.8 Å². The number of nitrogens with zero attached hydrogens (tertiary/aromatic N) is 1. The number of fused-ring (bicyclic) bond motifs is 1. The molecule has 1 amide bonds. The molecule has 1 fully saturated rings. The topological polar surface area (TPSA) is 64.8 Å². The molecule has 1 saturated heterocycles. The van der Waals surface area contributed by atoms with E-state index in [0.29, 0.717) is 35.1 Å². The van der Waals surface area contributed by atoms with Crippen LogP contribution >= 0.6 is 12.2 Å². The summed E-state index contributed by atoms with van der Waals surface area (Å²) in [6, 6.07) is 5.29. The molecule has 106 valence electrons. The highest BCUT2D eigenvalue weighted by molar-refractivity contribution is 7.80. The Balaban J connectivity index is 1.69. The second kappa shape index (κ2) is 5.28. The molecular weight excluding hydrogens is 276 g/mol. The molecule has 2 heterocycles. The molecule has 0 aromatic heterocycles. The summed E-state index contributed by atoms with van der Waals surface area (Å²) in [4.78, 5) is 14.8. The largest absolute Gasteiger partial charge is 0.454 e. The summed E-state index contributed by atoms with van der Waals surface area (Å²) >= 11 is 5.01. The lowest BCUT2D eigenvalue weighted by Gasteiger charge is -2.31. The lowest BCUT2D eigenvalue weighted by Crippen LogP contribution is -2.41. The van der Waals surface area contributed by atoms with E-state index in [1.807, 2.05) is 4.90 Å². The standard InChI is InChI=1S/C14H16N2O3S/c15-13(20)9-3-5-16(6-4-9)14(17)10-1-2-11-12(7-10)19-8-18-11/h1-2,7,9H,3-6,8H2,(H2,15,20). The van der Waals surface area contributed by atoms with Crippen molar-refractivity contribution in [2.45, 2.75) is 12.8 Å². The van der Waals surface area contributed by atoms with E-state index in [1.165, 1.54) is 0 Å². The third-order valence-corrected chi connectivity index (χ3v) is 4.14. The summed E-state index contributed by atoms with van der Waals surface area (Å²) in [5.74, 6) is 1.60. The van der Waals surface area contributed by atoms with E-state index in [1.54, 1.807) is 18.2 Å². The van der Waals surface area contributed by atoms with E-state index >= 15 is 0 Å². The van der Waals surface area contributed by atoms with Crippen LogP contribution < -0.4 is 15.2 Å². The zero-order chi connectivity index (χ0) is 14.1. The number of benzene rings is 1. The maximum absolute atomic E-state index is 12.4. The second-order valence-corrected chi connectivity index (χ2v) is 5.51. The number of nitrogens with two attached hydrogens (primary N) is 1. The maximum Gasteiger partial charge on any atom is 0.253 e. The Kier molecular flexibility index (Phi) is 3.48. The van der Waals surface area contributed by atoms with Gasteiger partial charge in [-0.2, -0.15) is 0 Å². The van der Waals surface area contributed by atoms with E-state index in [4.69, 9.17) is 27.4 Å². The molecule has 0 spiro atoms. The van der Waals surface area contributed by atoms with Crippen LogP contribution in [-0.4, -0.2) is 35.7 Å². The summed E-state index contributed by atoms with van der Waals surface area (Å²) < 4.78 is 10.5. The molecular formula is C14H16N2O3S. The van der Waals surface area contributed by atoms with Gasteiger partial charge in [0.05, 0.1) is 4.99 Å². The first-order valence-electron chi connectivity index (χ1n) is 6.63. The van der Waals surface area contributed by atoms with Gasteiger partial charge in [-0.3, -0.25) is 4.79 Å². The fraction of sp³-hybridized carbons (Fsp3) is 0.429. The Bertz CT molecular complexity index is 553. The monoisotopic (exact) mass is 292 g/mol. The molecule has 0 unspecified atom stereocenters. The Morgan fingerprint density at radius 2 is 1.95 bits per heavy atom. The van der Waals surface area contributed by atoms with Gasteiger partial charge in [0, 0.05) is 24.6 Å². The van der Waals surface area contributed by atoms with Gasteiger partial charge in [0.15, 0.2) is 11.5 Å². The first-order chi connectivity index (χ1) is 9.65. The number of carbonyl (C=O) groups is 1. The summed E-state index contributed by atoms with van der Waals surface area (Å²) in [5.41, 5.74) is 6.29. The number of piperidine rings is 1. The van der Waals surface area contributed by atoms with Gasteiger partial charge < -0.3 is 20.1 Å². The minimum absolute atomic E-state index is 0.0182. The van der Waals surface area contributed by atoms with Gasteiger partial charge in [-0.25, -0.2) is 0 Å². The zero-order valence-electron chi connectivity index (χ0n) is 11.0. The number of hydrogen-bond acceptors (Lipinski definition) is 4. The summed E-state index contributed by atoms with van der Waals surface area (Å²) in [5, 5.41) is 0. The van der Waals surface area contributed by atoms with E-state index in [-0.39, 0.29) is 18.6 Å². The first-order valence-corrected chi connectivity index (χ1v) is 7.04. The summed E-state index contributed by atoms with van der Waals surface area (Å²) in [6.07, 6.45) is 1.68. The van der Waals surface area contributed by atoms with Crippen molar-refractivity contribution in [2.75, 3.05) is 19.9 Å². The van der Waals surface area contributed by atoms with E-state index in [2.05, 4.69) is 0 Å². The van der Waals surface area contributed by atoms with Crippen molar-refractivity contribution in [1.82, 2.24) is 4.90 Å². The van der Waals surface area contributed by atoms with Gasteiger partial charge in [-0.1, -0.05) is 12.2 Å². The van der Waals surface area contributed by atoms with Crippen molar-refractivity contribution in [3.8, 4) is 11.5 Å². The molecule has 6 heteroatoms. The van der Waals surface area contributed by atoms with Gasteiger partial charge in [0.25, 0.3) is 5.91 Å². The SMILES string of the molecule is NC(=S)C1CCN(C(=O)c2ccc3c(c2)OCO3)CC1. The van der Waals surface area contributed by atoms with Crippen LogP contribution in [0.5, 0.6) is 11.5 Å². The molecule has 5 nitrogen and oxygen atoms in total. The third-order valence-electron chi connectivity index (χ3n) is 3.80. The van der Waals surface area contributed by atoms with Crippen molar-refractivity contribution in [3.63, 3.8) is 0 Å². The van der Waals surface area contributed by atoms with Gasteiger partial charge in [0.2, 0.25) is 6.79 Å². The highest BCUT2D eigenvalue weighted by atomic mass is 32.1. The van der Waals surface area contributed by atoms with Crippen LogP contribution in [0, 0.1) is 5.92 Å². The van der Waals surface area contributed by atoms with Crippen LogP contribution in [0.15, 0.2) is 18.2 Å². The van der Waals surface area contributed by atoms with Crippen LogP contribution in [0.1, 0.15) is 23.2 Å². The van der Waals surface area contributed by atoms with Crippen LogP contribution in [-0.2, 0) is 0 Å². The minimum atomic E-state index is 0.0182. The fourth-order valence-electron chi connectivity index (χ4n) is 2.58. The third kappa shape index (κ3) is 2.43. The lowest BCUT2D eigenvalue weighted by atomic mass is 9.96. The molecule has 2 N–H and O–H groups in total. The fourth-order valence-corrected chi connectivity index (χ4v) is 2.81. The summed E-state index contributed by atoms with van der Waals surface area (Å²) in [6.45, 7) is 1.59. The molecule has 20 heavy (non-hydrogen) atoms. The smallest absolute Gasteiger partial charge is 0.253 e. The highest BCUT2D eigenvalue weighted by Crippen LogP contribution is 2.33. The highest BCUT2D eigenvalue weighted by Gasteiger charge is 2.26. The number of amides is 1. The Hall–Kier alpha value is -1.82. The number of ether oxygens (including phenoxy) is 2. The van der Waals surface area contributed by atoms with Crippen molar-refractivity contribution in [1.29, 1.82) is 0 Å². The molecule has 0 aliphatic carbocycles. The van der Waals surface area contributed by atoms with Crippen molar-refractivity contribution in [2.24, 2.45) is 11.7 Å². The molecule has 0 atom stereocenters. The number of likely N-dealkylation sites (tertiary alicyclic amines) is 1. The number of carbonyl (C=O) groups excluding carboxylic acids is 1. The van der Waals surface area contributed by atoms with E-state index in [0.717, 1.165) is 12.8 Å². The van der Waals surface area contributed by atoms with Crippen LogP contribution in [0.3, 0.4) is 0 Å². The molecule has 1 aromatic rings. The average Bonchev–Trinajstić information content (AvgIpc) is 2.94. The Morgan fingerprint density at radius 3 is 2.65 bits per heavy atom. The average molecular weight is 292 g/mol. The van der Waals surface area contributed by atoms with Crippen LogP contribution in [0.4, 0.5) is 0 Å². The Morgan fingerprint density at radius 1 is 1.25 bits per heavy atom. The molecule has 0 bridgehead atoms. The van der Waals surface area contributed by atoms with Gasteiger partial charge in [-0.05, 0) is 31.0 Å². The molecule has 2 aliphatic rings.